The summed E-state index contributed by atoms with van der Waals surface area (Å²) < 4.78 is 10.1. The Morgan fingerprint density at radius 3 is 2.90 bits per heavy atom. The van der Waals surface area contributed by atoms with Crippen LogP contribution in [-0.4, -0.2) is 23.1 Å². The van der Waals surface area contributed by atoms with Gasteiger partial charge in [0, 0.05) is 6.07 Å². The molecule has 0 aliphatic heterocycles. The van der Waals surface area contributed by atoms with Crippen molar-refractivity contribution < 1.29 is 18.8 Å². The number of nitrogens with one attached hydrogen (secondary N) is 1. The Kier molecular flexibility index (Phi) is 4.55. The molecule has 1 N–H and O–H groups in total. The van der Waals surface area contributed by atoms with E-state index in [9.17, 15) is 9.59 Å². The summed E-state index contributed by atoms with van der Waals surface area (Å²) in [6.07, 6.45) is 5.47. The van der Waals surface area contributed by atoms with Gasteiger partial charge in [0.2, 0.25) is 5.88 Å². The van der Waals surface area contributed by atoms with Gasteiger partial charge < -0.3 is 9.26 Å². The van der Waals surface area contributed by atoms with Crippen LogP contribution in [0.3, 0.4) is 0 Å². The van der Waals surface area contributed by atoms with E-state index in [2.05, 4.69) is 10.5 Å². The fourth-order valence-corrected chi connectivity index (χ4v) is 1.98. The van der Waals surface area contributed by atoms with Crippen LogP contribution in [-0.2, 0) is 14.3 Å². The predicted molar refractivity (Wildman–Crippen MR) is 71.9 cm³/mol. The molecule has 1 aliphatic rings. The van der Waals surface area contributed by atoms with Crippen molar-refractivity contribution in [3.63, 3.8) is 0 Å². The van der Waals surface area contributed by atoms with Crippen molar-refractivity contribution in [2.24, 2.45) is 5.92 Å². The lowest BCUT2D eigenvalue weighted by Crippen LogP contribution is -2.32. The van der Waals surface area contributed by atoms with Crippen LogP contribution in [0.4, 0.5) is 5.88 Å². The van der Waals surface area contributed by atoms with Gasteiger partial charge in [-0.25, -0.2) is 0 Å². The van der Waals surface area contributed by atoms with Gasteiger partial charge in [0.25, 0.3) is 5.91 Å². The van der Waals surface area contributed by atoms with Crippen molar-refractivity contribution in [1.29, 1.82) is 0 Å². The molecule has 1 aromatic heterocycles. The maximum Gasteiger partial charge on any atom is 0.310 e. The summed E-state index contributed by atoms with van der Waals surface area (Å²) in [4.78, 5) is 23.7. The van der Waals surface area contributed by atoms with E-state index in [1.807, 2.05) is 12.2 Å². The van der Waals surface area contributed by atoms with Gasteiger partial charge in [-0.1, -0.05) is 17.3 Å². The van der Waals surface area contributed by atoms with Gasteiger partial charge in [-0.05, 0) is 33.1 Å². The molecule has 2 rings (SSSR count). The molecule has 1 aromatic rings. The van der Waals surface area contributed by atoms with Crippen molar-refractivity contribution >= 4 is 17.8 Å². The summed E-state index contributed by atoms with van der Waals surface area (Å²) in [6, 6.07) is 1.60. The number of rotatable bonds is 4. The van der Waals surface area contributed by atoms with Crippen LogP contribution in [0.25, 0.3) is 0 Å². The van der Waals surface area contributed by atoms with E-state index in [1.165, 1.54) is 6.92 Å². The largest absolute Gasteiger partial charge is 0.452 e. The fraction of sp³-hybridized carbons (Fsp3) is 0.500. The average molecular weight is 278 g/mol. The molecule has 20 heavy (non-hydrogen) atoms. The molecule has 0 bridgehead atoms. The molecule has 0 spiro atoms. The second-order valence-corrected chi connectivity index (χ2v) is 4.88. The van der Waals surface area contributed by atoms with Crippen molar-refractivity contribution in [2.45, 2.75) is 39.2 Å². The topological polar surface area (TPSA) is 81.4 Å². The van der Waals surface area contributed by atoms with Crippen LogP contribution in [0.2, 0.25) is 0 Å². The number of hydrogen-bond donors (Lipinski definition) is 1. The van der Waals surface area contributed by atoms with E-state index in [1.54, 1.807) is 13.0 Å². The molecular formula is C14H18N2O4. The Balaban J connectivity index is 1.84. The molecule has 0 fully saturated rings. The maximum absolute atomic E-state index is 11.9. The lowest BCUT2D eigenvalue weighted by Gasteiger charge is -2.19. The molecule has 1 heterocycles. The van der Waals surface area contributed by atoms with Gasteiger partial charge in [-0.3, -0.25) is 14.9 Å². The number of nitrogens with zero attached hydrogens (tertiary/aromatic N) is 1. The van der Waals surface area contributed by atoms with Gasteiger partial charge in [0.05, 0.1) is 11.6 Å². The highest BCUT2D eigenvalue weighted by Gasteiger charge is 2.25. The van der Waals surface area contributed by atoms with Crippen molar-refractivity contribution in [3.05, 3.63) is 23.9 Å². The number of aryl methyl sites for hydroxylation is 1. The van der Waals surface area contributed by atoms with Crippen LogP contribution in [0.15, 0.2) is 22.7 Å². The first-order valence-electron chi connectivity index (χ1n) is 6.66. The van der Waals surface area contributed by atoms with Gasteiger partial charge in [0.15, 0.2) is 6.10 Å². The Hall–Kier alpha value is -2.11. The lowest BCUT2D eigenvalue weighted by molar-refractivity contribution is -0.157. The summed E-state index contributed by atoms with van der Waals surface area (Å²) in [6.45, 7) is 3.29. The molecule has 0 saturated carbocycles. The number of aromatic nitrogens is 1. The molecule has 108 valence electrons. The maximum atomic E-state index is 11.9. The second-order valence-electron chi connectivity index (χ2n) is 4.88. The zero-order chi connectivity index (χ0) is 14.5. The number of carbonyl (C=O) groups excluding carboxylic acids is 2. The molecule has 0 radical (unpaired) electrons. The summed E-state index contributed by atoms with van der Waals surface area (Å²) in [5.74, 6) is -0.662. The van der Waals surface area contributed by atoms with Gasteiger partial charge in [-0.2, -0.15) is 0 Å². The third-order valence-electron chi connectivity index (χ3n) is 3.14. The Bertz CT molecular complexity index is 521. The number of esters is 1. The van der Waals surface area contributed by atoms with Crippen LogP contribution >= 0.6 is 0 Å². The number of ether oxygens (including phenoxy) is 1. The van der Waals surface area contributed by atoms with Crippen LogP contribution in [0, 0.1) is 12.8 Å². The molecule has 0 aromatic carbocycles. The minimum absolute atomic E-state index is 0.150. The van der Waals surface area contributed by atoms with Crippen molar-refractivity contribution in [1.82, 2.24) is 5.16 Å². The van der Waals surface area contributed by atoms with E-state index < -0.39 is 12.0 Å². The first-order valence-corrected chi connectivity index (χ1v) is 6.66. The third-order valence-corrected chi connectivity index (χ3v) is 3.14. The van der Waals surface area contributed by atoms with Crippen molar-refractivity contribution in [3.8, 4) is 0 Å². The minimum Gasteiger partial charge on any atom is -0.452 e. The molecule has 1 amide bonds. The quantitative estimate of drug-likeness (QED) is 0.674. The molecule has 6 nitrogen and oxygen atoms in total. The average Bonchev–Trinajstić information content (AvgIpc) is 2.85. The SMILES string of the molecule is Cc1cc(NC(=O)[C@@H](C)OC(=O)[C@@H]2CC=CCC2)on1. The molecule has 1 aliphatic carbocycles. The molecule has 6 heteroatoms. The Morgan fingerprint density at radius 1 is 1.50 bits per heavy atom. The highest BCUT2D eigenvalue weighted by Crippen LogP contribution is 2.20. The summed E-state index contributed by atoms with van der Waals surface area (Å²) >= 11 is 0. The number of hydrogen-bond acceptors (Lipinski definition) is 5. The first-order chi connectivity index (χ1) is 9.56. The van der Waals surface area contributed by atoms with Crippen molar-refractivity contribution in [2.75, 3.05) is 5.32 Å². The summed E-state index contributed by atoms with van der Waals surface area (Å²) in [5, 5.41) is 6.17. The van der Waals surface area contributed by atoms with E-state index in [-0.39, 0.29) is 17.8 Å². The zero-order valence-corrected chi connectivity index (χ0v) is 11.6. The lowest BCUT2D eigenvalue weighted by atomic mass is 9.95. The predicted octanol–water partition coefficient (Wildman–Crippen LogP) is 2.21. The van der Waals surface area contributed by atoms with E-state index in [0.29, 0.717) is 12.1 Å². The normalized spacial score (nSPS) is 19.4. The number of anilines is 1. The molecule has 2 atom stereocenters. The van der Waals surface area contributed by atoms with Crippen LogP contribution in [0.1, 0.15) is 31.9 Å². The Morgan fingerprint density at radius 2 is 2.30 bits per heavy atom. The third kappa shape index (κ3) is 3.69. The van der Waals surface area contributed by atoms with Gasteiger partial charge in [-0.15, -0.1) is 0 Å². The van der Waals surface area contributed by atoms with Gasteiger partial charge >= 0.3 is 5.97 Å². The number of amides is 1. The monoisotopic (exact) mass is 278 g/mol. The first kappa shape index (κ1) is 14.3. The molecular weight excluding hydrogens is 260 g/mol. The van der Waals surface area contributed by atoms with E-state index in [0.717, 1.165) is 12.8 Å². The van der Waals surface area contributed by atoms with Crippen LogP contribution in [0.5, 0.6) is 0 Å². The fourth-order valence-electron chi connectivity index (χ4n) is 1.98. The number of allylic oxidation sites excluding steroid dienone is 2. The van der Waals surface area contributed by atoms with E-state index in [4.69, 9.17) is 9.26 Å². The highest BCUT2D eigenvalue weighted by molar-refractivity contribution is 5.94. The number of carbonyl (C=O) groups is 2. The highest BCUT2D eigenvalue weighted by atomic mass is 16.5. The molecule has 0 unspecified atom stereocenters. The van der Waals surface area contributed by atoms with Gasteiger partial charge in [0.1, 0.15) is 0 Å². The second kappa shape index (κ2) is 6.36. The van der Waals surface area contributed by atoms with Crippen LogP contribution < -0.4 is 5.32 Å². The van der Waals surface area contributed by atoms with E-state index >= 15 is 0 Å². The Labute approximate surface area is 117 Å². The standard InChI is InChI=1S/C14H18N2O4/c1-9-8-12(20-16-9)15-13(17)10(2)19-14(18)11-6-4-3-5-7-11/h3-4,8,10-11H,5-7H2,1-2H3,(H,15,17)/t10-,11-/m1/s1. The smallest absolute Gasteiger partial charge is 0.310 e. The zero-order valence-electron chi connectivity index (χ0n) is 11.6. The molecule has 0 saturated heterocycles. The minimum atomic E-state index is -0.862. The summed E-state index contributed by atoms with van der Waals surface area (Å²) in [5.41, 5.74) is 0.666. The summed E-state index contributed by atoms with van der Waals surface area (Å²) in [7, 11) is 0.